The van der Waals surface area contributed by atoms with E-state index < -0.39 is 15.9 Å². The van der Waals surface area contributed by atoms with Crippen LogP contribution < -0.4 is 19.8 Å². The third kappa shape index (κ3) is 5.69. The lowest BCUT2D eigenvalue weighted by Gasteiger charge is -2.13. The molecule has 0 saturated heterocycles. The number of fused-ring (bicyclic) bond motifs is 2. The monoisotopic (exact) mass is 573 g/mol. The molecule has 41 heavy (non-hydrogen) atoms. The molecule has 1 amide bonds. The summed E-state index contributed by atoms with van der Waals surface area (Å²) in [4.78, 5) is 29.4. The molecule has 0 radical (unpaired) electrons. The number of aromatic amines is 1. The first-order valence-electron chi connectivity index (χ1n) is 13.3. The number of aryl methyl sites for hydroxylation is 1. The maximum absolute atomic E-state index is 13.8. The van der Waals surface area contributed by atoms with Crippen LogP contribution in [0.5, 0.6) is 11.5 Å². The average molecular weight is 574 g/mol. The van der Waals surface area contributed by atoms with Gasteiger partial charge in [0, 0.05) is 17.8 Å². The van der Waals surface area contributed by atoms with Crippen LogP contribution in [-0.4, -0.2) is 37.1 Å². The zero-order valence-electron chi connectivity index (χ0n) is 23.1. The molecule has 0 aliphatic carbocycles. The van der Waals surface area contributed by atoms with E-state index in [2.05, 4.69) is 9.71 Å². The number of pyridine rings is 1. The smallest absolute Gasteiger partial charge is 0.266 e. The quantitative estimate of drug-likeness (QED) is 0.249. The largest absolute Gasteiger partial charge is 0.492 e. The van der Waals surface area contributed by atoms with Crippen LogP contribution in [0.1, 0.15) is 30.5 Å². The minimum absolute atomic E-state index is 0.0360. The number of hydrogen-bond donors (Lipinski definition) is 2. The van der Waals surface area contributed by atoms with Crippen LogP contribution in [0, 0.1) is 6.92 Å². The number of H-pyrrole nitrogens is 1. The van der Waals surface area contributed by atoms with Gasteiger partial charge < -0.3 is 14.5 Å². The summed E-state index contributed by atoms with van der Waals surface area (Å²) in [6.07, 6.45) is 3.49. The van der Waals surface area contributed by atoms with Crippen LogP contribution >= 0.6 is 0 Å². The van der Waals surface area contributed by atoms with Gasteiger partial charge in [-0.05, 0) is 55.7 Å². The van der Waals surface area contributed by atoms with E-state index in [9.17, 15) is 18.0 Å². The Kier molecular flexibility index (Phi) is 7.85. The summed E-state index contributed by atoms with van der Waals surface area (Å²) in [6, 6.07) is 17.7. The van der Waals surface area contributed by atoms with E-state index >= 15 is 0 Å². The molecule has 0 fully saturated rings. The maximum Gasteiger partial charge on any atom is 0.266 e. The normalized spacial score (nSPS) is 11.6. The van der Waals surface area contributed by atoms with Crippen molar-refractivity contribution >= 4 is 37.6 Å². The first-order valence-corrected chi connectivity index (χ1v) is 15.0. The van der Waals surface area contributed by atoms with E-state index in [1.165, 1.54) is 4.57 Å². The maximum atomic E-state index is 13.8. The second-order valence-electron chi connectivity index (χ2n) is 9.64. The lowest BCUT2D eigenvalue weighted by atomic mass is 10.1. The Morgan fingerprint density at radius 3 is 2.37 bits per heavy atom. The predicted molar refractivity (Wildman–Crippen MR) is 159 cm³/mol. The summed E-state index contributed by atoms with van der Waals surface area (Å²) in [6.45, 7) is 6.34. The average Bonchev–Trinajstić information content (AvgIpc) is 3.27. The number of rotatable bonds is 10. The lowest BCUT2D eigenvalue weighted by Crippen LogP contribution is -2.32. The van der Waals surface area contributed by atoms with Crippen LogP contribution in [0.4, 0.5) is 0 Å². The molecule has 0 saturated carbocycles. The molecule has 10 heteroatoms. The Morgan fingerprint density at radius 2 is 1.66 bits per heavy atom. The third-order valence-electron chi connectivity index (χ3n) is 6.69. The summed E-state index contributed by atoms with van der Waals surface area (Å²) < 4.78 is 41.1. The summed E-state index contributed by atoms with van der Waals surface area (Å²) in [7, 11) is -3.93. The second-order valence-corrected chi connectivity index (χ2v) is 11.4. The van der Waals surface area contributed by atoms with Gasteiger partial charge in [0.05, 0.1) is 47.4 Å². The van der Waals surface area contributed by atoms with E-state index in [0.29, 0.717) is 52.3 Å². The number of sulfonamides is 1. The van der Waals surface area contributed by atoms with E-state index in [1.807, 2.05) is 32.0 Å². The van der Waals surface area contributed by atoms with Crippen molar-refractivity contribution in [2.24, 2.45) is 0 Å². The van der Waals surface area contributed by atoms with Crippen molar-refractivity contribution in [3.63, 3.8) is 0 Å². The molecule has 0 unspecified atom stereocenters. The third-order valence-corrected chi connectivity index (χ3v) is 7.94. The number of nitrogens with zero attached hydrogens (tertiary/aromatic N) is 1. The van der Waals surface area contributed by atoms with Gasteiger partial charge in [-0.25, -0.2) is 8.42 Å². The van der Waals surface area contributed by atoms with Crippen molar-refractivity contribution in [1.29, 1.82) is 0 Å². The highest BCUT2D eigenvalue weighted by molar-refractivity contribution is 7.89. The molecule has 2 N–H and O–H groups in total. The molecule has 212 valence electrons. The van der Waals surface area contributed by atoms with Crippen LogP contribution in [-0.2, 0) is 27.0 Å². The molecule has 3 aromatic carbocycles. The molecule has 0 aliphatic heterocycles. The molecule has 0 spiro atoms. The van der Waals surface area contributed by atoms with Gasteiger partial charge in [0.1, 0.15) is 5.75 Å². The molecule has 2 heterocycles. The standard InChI is InChI=1S/C31H31N3O6S/c1-4-39-29-23-12-9-15-32-28(23)30(40-5-2)24-18-34(31(36)27(24)29)25-14-13-22(16-20(25)3)19-41(37,38)33-26(35)17-21-10-7-6-8-11-21/h6-16,18,32H,4-5,17,19H2,1-3H3,(H,33,35). The van der Waals surface area contributed by atoms with E-state index in [-0.39, 0.29) is 17.7 Å². The zero-order chi connectivity index (χ0) is 29.1. The van der Waals surface area contributed by atoms with Gasteiger partial charge in [-0.3, -0.25) is 18.9 Å². The highest BCUT2D eigenvalue weighted by Crippen LogP contribution is 2.41. The summed E-state index contributed by atoms with van der Waals surface area (Å²) in [5, 5.41) is 1.77. The Hall–Kier alpha value is -4.57. The number of carbonyl (C=O) groups is 1. The van der Waals surface area contributed by atoms with Gasteiger partial charge in [-0.1, -0.05) is 42.5 Å². The summed E-state index contributed by atoms with van der Waals surface area (Å²) in [5.74, 6) is 0.0630. The van der Waals surface area contributed by atoms with Gasteiger partial charge in [0.2, 0.25) is 15.9 Å². The lowest BCUT2D eigenvalue weighted by molar-refractivity contribution is -0.118. The van der Waals surface area contributed by atoms with Gasteiger partial charge in [0.15, 0.2) is 5.75 Å². The topological polar surface area (TPSA) is 119 Å². The molecule has 0 atom stereocenters. The molecular formula is C31H31N3O6S. The fraction of sp³-hybridized carbons (Fsp3) is 0.226. The number of nitrogens with one attached hydrogen (secondary N) is 2. The number of benzene rings is 3. The van der Waals surface area contributed by atoms with Gasteiger partial charge in [-0.2, -0.15) is 0 Å². The molecule has 0 aliphatic rings. The number of amides is 1. The Bertz CT molecular complexity index is 1910. The van der Waals surface area contributed by atoms with Gasteiger partial charge in [-0.15, -0.1) is 0 Å². The fourth-order valence-corrected chi connectivity index (χ4v) is 6.16. The minimum atomic E-state index is -3.93. The number of hydrogen-bond acceptors (Lipinski definition) is 6. The van der Waals surface area contributed by atoms with Crippen LogP contribution in [0.25, 0.3) is 27.4 Å². The number of aromatic nitrogens is 2. The zero-order valence-corrected chi connectivity index (χ0v) is 23.9. The molecule has 5 rings (SSSR count). The Morgan fingerprint density at radius 1 is 0.927 bits per heavy atom. The molecule has 2 aromatic heterocycles. The van der Waals surface area contributed by atoms with E-state index in [4.69, 9.17) is 9.47 Å². The highest BCUT2D eigenvalue weighted by Gasteiger charge is 2.23. The van der Waals surface area contributed by atoms with Crippen LogP contribution in [0.3, 0.4) is 0 Å². The number of carbonyl (C=O) groups excluding carboxylic acids is 1. The summed E-state index contributed by atoms with van der Waals surface area (Å²) >= 11 is 0. The van der Waals surface area contributed by atoms with Crippen molar-refractivity contribution in [2.75, 3.05) is 13.2 Å². The molecule has 0 bridgehead atoms. The minimum Gasteiger partial charge on any atom is -0.492 e. The van der Waals surface area contributed by atoms with Crippen LogP contribution in [0.15, 0.2) is 77.9 Å². The predicted octanol–water partition coefficient (Wildman–Crippen LogP) is 4.77. The summed E-state index contributed by atoms with van der Waals surface area (Å²) in [5.41, 5.74) is 2.96. The number of ether oxygens (including phenoxy) is 2. The van der Waals surface area contributed by atoms with Gasteiger partial charge in [0.25, 0.3) is 5.56 Å². The van der Waals surface area contributed by atoms with Crippen molar-refractivity contribution in [3.8, 4) is 17.2 Å². The van der Waals surface area contributed by atoms with E-state index in [1.54, 1.807) is 61.8 Å². The molecule has 5 aromatic rings. The van der Waals surface area contributed by atoms with Gasteiger partial charge >= 0.3 is 0 Å². The highest BCUT2D eigenvalue weighted by atomic mass is 32.2. The van der Waals surface area contributed by atoms with Crippen molar-refractivity contribution in [2.45, 2.75) is 32.9 Å². The van der Waals surface area contributed by atoms with Crippen molar-refractivity contribution in [3.05, 3.63) is 100 Å². The fourth-order valence-electron chi connectivity index (χ4n) is 5.05. The Labute approximate surface area is 237 Å². The van der Waals surface area contributed by atoms with Crippen molar-refractivity contribution < 1.29 is 22.7 Å². The second kappa shape index (κ2) is 11.5. The van der Waals surface area contributed by atoms with Crippen LogP contribution in [0.2, 0.25) is 0 Å². The molecule has 9 nitrogen and oxygen atoms in total. The van der Waals surface area contributed by atoms with E-state index in [0.717, 1.165) is 16.5 Å². The molecular weight excluding hydrogens is 542 g/mol. The SMILES string of the molecule is CCOc1c2cn(-c3ccc(CS(=O)(=O)NC(=O)Cc4ccccc4)cc3C)c(=O)c2c(OCC)c2ccc[nH]c12. The first kappa shape index (κ1) is 28.0. The van der Waals surface area contributed by atoms with Crippen molar-refractivity contribution in [1.82, 2.24) is 14.3 Å². The Balaban J connectivity index is 1.49. The first-order chi connectivity index (χ1) is 19.7.